The third-order valence-electron chi connectivity index (χ3n) is 8.16. The van der Waals surface area contributed by atoms with Crippen molar-refractivity contribution in [1.82, 2.24) is 21.3 Å². The Bertz CT molecular complexity index is 1300. The van der Waals surface area contributed by atoms with Crippen LogP contribution in [0.4, 0.5) is 0 Å². The molecule has 0 spiro atoms. The first-order valence-electron chi connectivity index (χ1n) is 16.9. The molecule has 1 heterocycles. The fourth-order valence-electron chi connectivity index (χ4n) is 5.32. The minimum absolute atomic E-state index is 0.0220. The Morgan fingerprint density at radius 3 is 2.24 bits per heavy atom. The Hall–Kier alpha value is -4.20. The monoisotopic (exact) mass is 628 g/mol. The summed E-state index contributed by atoms with van der Waals surface area (Å²) < 4.78 is 0. The van der Waals surface area contributed by atoms with Gasteiger partial charge in [-0.05, 0) is 35.4 Å². The van der Waals surface area contributed by atoms with Gasteiger partial charge in [-0.25, -0.2) is 0 Å². The fourth-order valence-corrected chi connectivity index (χ4v) is 5.32. The summed E-state index contributed by atoms with van der Waals surface area (Å²) in [4.78, 5) is 52.3. The lowest BCUT2D eigenvalue weighted by Crippen LogP contribution is -2.55. The van der Waals surface area contributed by atoms with Gasteiger partial charge in [0, 0.05) is 31.5 Å². The molecular formula is C38H52N4O4. The van der Waals surface area contributed by atoms with Crippen molar-refractivity contribution in [2.75, 3.05) is 6.54 Å². The molecule has 0 aliphatic carbocycles. The van der Waals surface area contributed by atoms with Crippen molar-refractivity contribution in [3.8, 4) is 11.1 Å². The Morgan fingerprint density at radius 2 is 1.54 bits per heavy atom. The molecule has 0 aromatic heterocycles. The van der Waals surface area contributed by atoms with Crippen LogP contribution in [0.2, 0.25) is 0 Å². The van der Waals surface area contributed by atoms with Crippen molar-refractivity contribution in [1.29, 1.82) is 0 Å². The Balaban J connectivity index is 1.73. The molecule has 0 fully saturated rings. The average molecular weight is 629 g/mol. The molecule has 4 amide bonds. The minimum atomic E-state index is -0.944. The first kappa shape index (κ1) is 36.3. The normalized spacial score (nSPS) is 19.1. The van der Waals surface area contributed by atoms with Crippen LogP contribution in [0.3, 0.4) is 0 Å². The van der Waals surface area contributed by atoms with E-state index in [1.807, 2.05) is 68.4 Å². The molecule has 0 radical (unpaired) electrons. The largest absolute Gasteiger partial charge is 0.352 e. The maximum atomic E-state index is 13.8. The third-order valence-corrected chi connectivity index (χ3v) is 8.16. The van der Waals surface area contributed by atoms with Crippen LogP contribution >= 0.6 is 0 Å². The van der Waals surface area contributed by atoms with E-state index in [9.17, 15) is 19.2 Å². The molecule has 1 aliphatic heterocycles. The second kappa shape index (κ2) is 20.0. The average Bonchev–Trinajstić information content (AvgIpc) is 3.05. The predicted octanol–water partition coefficient (Wildman–Crippen LogP) is 5.78. The first-order valence-corrected chi connectivity index (χ1v) is 16.9. The van der Waals surface area contributed by atoms with Gasteiger partial charge in [0.15, 0.2) is 0 Å². The molecule has 248 valence electrons. The Morgan fingerprint density at radius 1 is 0.870 bits per heavy atom. The van der Waals surface area contributed by atoms with E-state index < -0.39 is 24.0 Å². The molecule has 3 rings (SSSR count). The number of carbonyl (C=O) groups is 4. The van der Waals surface area contributed by atoms with Gasteiger partial charge in [0.1, 0.15) is 12.1 Å². The zero-order valence-electron chi connectivity index (χ0n) is 27.7. The maximum Gasteiger partial charge on any atom is 0.247 e. The SMILES string of the molecule is CCCCCCCCCC(=O)N[C@@H](Cc1ccc(-c2ccccc2)cc1)C(=O)N[C@H]1/C=C/CCNC(=O)/C=C/[C@H](C(C)C)NC1=O. The van der Waals surface area contributed by atoms with Crippen LogP contribution in [0, 0.1) is 5.92 Å². The third kappa shape index (κ3) is 13.0. The number of unbranched alkanes of at least 4 members (excludes halogenated alkanes) is 6. The van der Waals surface area contributed by atoms with Crippen LogP contribution in [0.15, 0.2) is 78.9 Å². The van der Waals surface area contributed by atoms with Crippen LogP contribution in [-0.4, -0.2) is 48.3 Å². The van der Waals surface area contributed by atoms with Gasteiger partial charge in [0.25, 0.3) is 0 Å². The molecule has 3 atom stereocenters. The second-order valence-corrected chi connectivity index (χ2v) is 12.4. The highest BCUT2D eigenvalue weighted by Crippen LogP contribution is 2.20. The van der Waals surface area contributed by atoms with Gasteiger partial charge in [-0.3, -0.25) is 19.2 Å². The van der Waals surface area contributed by atoms with E-state index in [1.54, 1.807) is 18.2 Å². The molecule has 0 saturated heterocycles. The van der Waals surface area contributed by atoms with Gasteiger partial charge >= 0.3 is 0 Å². The van der Waals surface area contributed by atoms with Gasteiger partial charge in [-0.2, -0.15) is 0 Å². The van der Waals surface area contributed by atoms with Crippen molar-refractivity contribution in [3.63, 3.8) is 0 Å². The summed E-state index contributed by atoms with van der Waals surface area (Å²) in [6.45, 7) is 6.50. The van der Waals surface area contributed by atoms with E-state index in [0.29, 0.717) is 19.4 Å². The van der Waals surface area contributed by atoms with Gasteiger partial charge in [0.05, 0.1) is 0 Å². The quantitative estimate of drug-likeness (QED) is 0.148. The van der Waals surface area contributed by atoms with E-state index in [2.05, 4.69) is 28.2 Å². The summed E-state index contributed by atoms with van der Waals surface area (Å²) in [5, 5.41) is 11.6. The van der Waals surface area contributed by atoms with E-state index in [0.717, 1.165) is 36.0 Å². The predicted molar refractivity (Wildman–Crippen MR) is 185 cm³/mol. The molecule has 2 aromatic rings. The number of hydrogen-bond donors (Lipinski definition) is 4. The van der Waals surface area contributed by atoms with Gasteiger partial charge in [-0.1, -0.05) is 132 Å². The number of nitrogens with one attached hydrogen (secondary N) is 4. The molecule has 0 unspecified atom stereocenters. The van der Waals surface area contributed by atoms with E-state index in [-0.39, 0.29) is 30.1 Å². The number of benzene rings is 2. The molecule has 0 bridgehead atoms. The minimum Gasteiger partial charge on any atom is -0.352 e. The molecule has 46 heavy (non-hydrogen) atoms. The lowest BCUT2D eigenvalue weighted by molar-refractivity contribution is -0.131. The number of hydrogen-bond acceptors (Lipinski definition) is 4. The summed E-state index contributed by atoms with van der Waals surface area (Å²) in [7, 11) is 0. The fraction of sp³-hybridized carbons (Fsp3) is 0.474. The van der Waals surface area contributed by atoms with Crippen molar-refractivity contribution in [3.05, 3.63) is 84.5 Å². The molecule has 1 aliphatic rings. The van der Waals surface area contributed by atoms with Gasteiger partial charge in [-0.15, -0.1) is 0 Å². The molecule has 8 nitrogen and oxygen atoms in total. The Labute approximate surface area is 274 Å². The van der Waals surface area contributed by atoms with E-state index in [1.165, 1.54) is 31.8 Å². The molecule has 8 heteroatoms. The highest BCUT2D eigenvalue weighted by Gasteiger charge is 2.27. The topological polar surface area (TPSA) is 116 Å². The number of amides is 4. The molecule has 4 N–H and O–H groups in total. The first-order chi connectivity index (χ1) is 22.3. The zero-order valence-corrected chi connectivity index (χ0v) is 27.7. The molecular weight excluding hydrogens is 576 g/mol. The van der Waals surface area contributed by atoms with Crippen molar-refractivity contribution in [2.45, 2.75) is 103 Å². The number of rotatable bonds is 15. The van der Waals surface area contributed by atoms with Crippen molar-refractivity contribution in [2.24, 2.45) is 5.92 Å². The summed E-state index contributed by atoms with van der Waals surface area (Å²) in [6, 6.07) is 15.8. The van der Waals surface area contributed by atoms with Gasteiger partial charge < -0.3 is 21.3 Å². The van der Waals surface area contributed by atoms with Crippen LogP contribution in [0.1, 0.15) is 84.1 Å². The van der Waals surface area contributed by atoms with Crippen LogP contribution in [0.5, 0.6) is 0 Å². The summed E-state index contributed by atoms with van der Waals surface area (Å²) >= 11 is 0. The zero-order chi connectivity index (χ0) is 33.1. The molecule has 0 saturated carbocycles. The molecule has 2 aromatic carbocycles. The summed E-state index contributed by atoms with van der Waals surface area (Å²) in [5.74, 6) is -1.18. The van der Waals surface area contributed by atoms with Crippen LogP contribution < -0.4 is 21.3 Å². The van der Waals surface area contributed by atoms with E-state index >= 15 is 0 Å². The smallest absolute Gasteiger partial charge is 0.247 e. The maximum absolute atomic E-state index is 13.8. The highest BCUT2D eigenvalue weighted by molar-refractivity contribution is 5.93. The summed E-state index contributed by atoms with van der Waals surface area (Å²) in [6.07, 6.45) is 15.4. The van der Waals surface area contributed by atoms with Crippen molar-refractivity contribution < 1.29 is 19.2 Å². The number of carbonyl (C=O) groups excluding carboxylic acids is 4. The van der Waals surface area contributed by atoms with E-state index in [4.69, 9.17) is 0 Å². The standard InChI is InChI=1S/C38H52N4O4/c1-4-5-6-7-8-9-13-19-36(44)40-34(27-29-20-22-31(23-21-29)30-16-11-10-12-17-30)38(46)42-33-18-14-15-26-39-35(43)25-24-32(28(2)3)41-37(33)45/h10-12,14,16-18,20-25,28,32-34H,4-9,13,15,19,26-27H2,1-3H3,(H,39,43)(H,40,44)(H,41,45)(H,42,46)/b18-14+,25-24+/t32-,33+,34+/m1/s1. The highest BCUT2D eigenvalue weighted by atomic mass is 16.2. The summed E-state index contributed by atoms with van der Waals surface area (Å²) in [5.41, 5.74) is 3.06. The van der Waals surface area contributed by atoms with Crippen molar-refractivity contribution >= 4 is 23.6 Å². The van der Waals surface area contributed by atoms with Gasteiger partial charge in [0.2, 0.25) is 23.6 Å². The Kier molecular flexibility index (Phi) is 15.8. The lowest BCUT2D eigenvalue weighted by Gasteiger charge is -2.25. The lowest BCUT2D eigenvalue weighted by atomic mass is 9.99. The second-order valence-electron chi connectivity index (χ2n) is 12.4. The van der Waals surface area contributed by atoms with Crippen LogP contribution in [0.25, 0.3) is 11.1 Å². The van der Waals surface area contributed by atoms with Crippen LogP contribution in [-0.2, 0) is 25.6 Å².